The minimum atomic E-state index is -0.267. The molecule has 0 bridgehead atoms. The van der Waals surface area contributed by atoms with Crippen molar-refractivity contribution in [3.63, 3.8) is 0 Å². The highest BCUT2D eigenvalue weighted by Gasteiger charge is 2.11. The zero-order valence-electron chi connectivity index (χ0n) is 11.3. The van der Waals surface area contributed by atoms with Crippen molar-refractivity contribution in [3.05, 3.63) is 66.0 Å². The molecule has 108 valence electrons. The van der Waals surface area contributed by atoms with E-state index < -0.39 is 0 Å². The van der Waals surface area contributed by atoms with Crippen LogP contribution < -0.4 is 0 Å². The van der Waals surface area contributed by atoms with Crippen molar-refractivity contribution in [2.75, 3.05) is 0 Å². The standard InChI is InChI=1S/C16H10ClFN4/c17-14-8-19-15-6-3-11(9-22(14)15)13-7-20-21-16(13)10-1-4-12(18)5-2-10/h1-9H,(H,20,21). The highest BCUT2D eigenvalue weighted by Crippen LogP contribution is 2.30. The van der Waals surface area contributed by atoms with Crippen LogP contribution in [-0.4, -0.2) is 19.6 Å². The Balaban J connectivity index is 1.87. The summed E-state index contributed by atoms with van der Waals surface area (Å²) < 4.78 is 14.9. The zero-order chi connectivity index (χ0) is 15.1. The van der Waals surface area contributed by atoms with Gasteiger partial charge in [-0.15, -0.1) is 0 Å². The van der Waals surface area contributed by atoms with Crippen LogP contribution in [0.2, 0.25) is 5.15 Å². The van der Waals surface area contributed by atoms with E-state index in [4.69, 9.17) is 11.6 Å². The van der Waals surface area contributed by atoms with Crippen LogP contribution in [0.15, 0.2) is 55.0 Å². The van der Waals surface area contributed by atoms with Crippen LogP contribution in [0, 0.1) is 5.82 Å². The van der Waals surface area contributed by atoms with Gasteiger partial charge in [0.05, 0.1) is 18.1 Å². The van der Waals surface area contributed by atoms with Gasteiger partial charge < -0.3 is 0 Å². The minimum Gasteiger partial charge on any atom is -0.290 e. The summed E-state index contributed by atoms with van der Waals surface area (Å²) in [7, 11) is 0. The average molecular weight is 313 g/mol. The Morgan fingerprint density at radius 3 is 2.59 bits per heavy atom. The van der Waals surface area contributed by atoms with Crippen LogP contribution in [0.5, 0.6) is 0 Å². The van der Waals surface area contributed by atoms with Gasteiger partial charge in [0.15, 0.2) is 0 Å². The fourth-order valence-corrected chi connectivity index (χ4v) is 2.64. The SMILES string of the molecule is Fc1ccc(-c2[nH]ncc2-c2ccc3ncc(Cl)n3c2)cc1. The average Bonchev–Trinajstić information content (AvgIpc) is 3.15. The van der Waals surface area contributed by atoms with Gasteiger partial charge in [-0.05, 0) is 36.4 Å². The lowest BCUT2D eigenvalue weighted by Crippen LogP contribution is -1.88. The Labute approximate surface area is 130 Å². The van der Waals surface area contributed by atoms with Gasteiger partial charge in [0.1, 0.15) is 16.6 Å². The van der Waals surface area contributed by atoms with Crippen LogP contribution >= 0.6 is 11.6 Å². The molecule has 0 aliphatic carbocycles. The fraction of sp³-hybridized carbons (Fsp3) is 0. The van der Waals surface area contributed by atoms with E-state index in [1.165, 1.54) is 12.1 Å². The van der Waals surface area contributed by atoms with Crippen molar-refractivity contribution in [1.82, 2.24) is 19.6 Å². The predicted molar refractivity (Wildman–Crippen MR) is 83.2 cm³/mol. The monoisotopic (exact) mass is 312 g/mol. The number of nitrogens with one attached hydrogen (secondary N) is 1. The summed E-state index contributed by atoms with van der Waals surface area (Å²) in [5.41, 5.74) is 4.33. The molecule has 0 fully saturated rings. The van der Waals surface area contributed by atoms with Crippen molar-refractivity contribution in [2.45, 2.75) is 0 Å². The largest absolute Gasteiger partial charge is 0.290 e. The first kappa shape index (κ1) is 13.0. The quantitative estimate of drug-likeness (QED) is 0.603. The highest BCUT2D eigenvalue weighted by molar-refractivity contribution is 6.29. The molecule has 0 aliphatic rings. The van der Waals surface area contributed by atoms with Gasteiger partial charge in [0.2, 0.25) is 0 Å². The summed E-state index contributed by atoms with van der Waals surface area (Å²) in [6.45, 7) is 0. The summed E-state index contributed by atoms with van der Waals surface area (Å²) in [6, 6.07) is 10.1. The number of aromatic nitrogens is 4. The van der Waals surface area contributed by atoms with E-state index in [-0.39, 0.29) is 5.82 Å². The Bertz CT molecular complexity index is 956. The Morgan fingerprint density at radius 1 is 1.00 bits per heavy atom. The van der Waals surface area contributed by atoms with E-state index in [2.05, 4.69) is 15.2 Å². The summed E-state index contributed by atoms with van der Waals surface area (Å²) >= 11 is 6.12. The minimum absolute atomic E-state index is 0.267. The second kappa shape index (κ2) is 4.96. The van der Waals surface area contributed by atoms with Gasteiger partial charge in [-0.1, -0.05) is 11.6 Å². The molecule has 1 N–H and O–H groups in total. The Hall–Kier alpha value is -2.66. The number of benzene rings is 1. The lowest BCUT2D eigenvalue weighted by molar-refractivity contribution is 0.628. The molecule has 0 saturated heterocycles. The third-order valence-electron chi connectivity index (χ3n) is 3.54. The first-order chi connectivity index (χ1) is 10.7. The van der Waals surface area contributed by atoms with Crippen molar-refractivity contribution < 1.29 is 4.39 Å². The number of hydrogen-bond donors (Lipinski definition) is 1. The van der Waals surface area contributed by atoms with Gasteiger partial charge in [-0.3, -0.25) is 9.50 Å². The third-order valence-corrected chi connectivity index (χ3v) is 3.82. The number of nitrogens with zero attached hydrogens (tertiary/aromatic N) is 3. The molecule has 3 heterocycles. The molecule has 6 heteroatoms. The molecule has 0 unspecified atom stereocenters. The van der Waals surface area contributed by atoms with E-state index in [9.17, 15) is 4.39 Å². The normalized spacial score (nSPS) is 11.2. The van der Waals surface area contributed by atoms with Crippen molar-refractivity contribution in [1.29, 1.82) is 0 Å². The number of aromatic amines is 1. The molecule has 4 aromatic rings. The number of pyridine rings is 1. The summed E-state index contributed by atoms with van der Waals surface area (Å²) in [4.78, 5) is 4.20. The van der Waals surface area contributed by atoms with Crippen LogP contribution in [0.25, 0.3) is 28.0 Å². The summed E-state index contributed by atoms with van der Waals surface area (Å²) in [5.74, 6) is -0.267. The number of halogens is 2. The molecule has 0 radical (unpaired) electrons. The van der Waals surface area contributed by atoms with E-state index in [1.807, 2.05) is 18.3 Å². The smallest absolute Gasteiger partial charge is 0.137 e. The Kier molecular flexibility index (Phi) is 2.94. The third kappa shape index (κ3) is 2.07. The molecule has 3 aromatic heterocycles. The molecular formula is C16H10ClFN4. The predicted octanol–water partition coefficient (Wildman–Crippen LogP) is 4.18. The maximum atomic E-state index is 13.1. The summed E-state index contributed by atoms with van der Waals surface area (Å²) in [5, 5.41) is 7.62. The second-order valence-electron chi connectivity index (χ2n) is 4.89. The molecule has 0 amide bonds. The Morgan fingerprint density at radius 2 is 1.77 bits per heavy atom. The van der Waals surface area contributed by atoms with Crippen LogP contribution in [-0.2, 0) is 0 Å². The molecule has 4 nitrogen and oxygen atoms in total. The number of fused-ring (bicyclic) bond motifs is 1. The topological polar surface area (TPSA) is 46.0 Å². The maximum absolute atomic E-state index is 13.1. The number of rotatable bonds is 2. The first-order valence-electron chi connectivity index (χ1n) is 6.65. The second-order valence-corrected chi connectivity index (χ2v) is 5.28. The molecule has 1 aromatic carbocycles. The van der Waals surface area contributed by atoms with Gasteiger partial charge in [-0.25, -0.2) is 9.37 Å². The fourth-order valence-electron chi connectivity index (χ4n) is 2.45. The number of imidazole rings is 1. The summed E-state index contributed by atoms with van der Waals surface area (Å²) in [6.07, 6.45) is 5.25. The molecule has 4 rings (SSSR count). The number of hydrogen-bond acceptors (Lipinski definition) is 2. The molecular weight excluding hydrogens is 303 g/mol. The lowest BCUT2D eigenvalue weighted by Gasteiger charge is -2.05. The van der Waals surface area contributed by atoms with Crippen molar-refractivity contribution in [3.8, 4) is 22.4 Å². The molecule has 0 spiro atoms. The maximum Gasteiger partial charge on any atom is 0.137 e. The van der Waals surface area contributed by atoms with Crippen molar-refractivity contribution >= 4 is 17.2 Å². The van der Waals surface area contributed by atoms with E-state index >= 15 is 0 Å². The molecule has 0 aliphatic heterocycles. The van der Waals surface area contributed by atoms with Crippen LogP contribution in [0.4, 0.5) is 4.39 Å². The van der Waals surface area contributed by atoms with Gasteiger partial charge >= 0.3 is 0 Å². The van der Waals surface area contributed by atoms with E-state index in [0.29, 0.717) is 5.15 Å². The van der Waals surface area contributed by atoms with Crippen molar-refractivity contribution in [2.24, 2.45) is 0 Å². The number of H-pyrrole nitrogens is 1. The van der Waals surface area contributed by atoms with Gasteiger partial charge in [0, 0.05) is 22.9 Å². The highest BCUT2D eigenvalue weighted by atomic mass is 35.5. The van der Waals surface area contributed by atoms with E-state index in [1.54, 1.807) is 28.9 Å². The molecule has 22 heavy (non-hydrogen) atoms. The van der Waals surface area contributed by atoms with Gasteiger partial charge in [-0.2, -0.15) is 5.10 Å². The van der Waals surface area contributed by atoms with Crippen LogP contribution in [0.3, 0.4) is 0 Å². The first-order valence-corrected chi connectivity index (χ1v) is 7.02. The van der Waals surface area contributed by atoms with Crippen LogP contribution in [0.1, 0.15) is 0 Å². The lowest BCUT2D eigenvalue weighted by atomic mass is 10.0. The molecule has 0 atom stereocenters. The van der Waals surface area contributed by atoms with Gasteiger partial charge in [0.25, 0.3) is 0 Å². The molecule has 0 saturated carbocycles. The zero-order valence-corrected chi connectivity index (χ0v) is 12.0. The van der Waals surface area contributed by atoms with E-state index in [0.717, 1.165) is 28.0 Å².